The van der Waals surface area contributed by atoms with Crippen LogP contribution in [0.5, 0.6) is 5.75 Å². The Kier molecular flexibility index (Phi) is 7.21. The summed E-state index contributed by atoms with van der Waals surface area (Å²) in [5.41, 5.74) is 3.57. The molecule has 150 valence electrons. The Labute approximate surface area is 167 Å². The van der Waals surface area contributed by atoms with Gasteiger partial charge < -0.3 is 15.0 Å². The summed E-state index contributed by atoms with van der Waals surface area (Å²) < 4.78 is 5.64. The van der Waals surface area contributed by atoms with Gasteiger partial charge >= 0.3 is 0 Å². The average molecular weight is 383 g/mol. The molecule has 5 heteroatoms. The van der Waals surface area contributed by atoms with Gasteiger partial charge in [0.05, 0.1) is 6.10 Å². The smallest absolute Gasteiger partial charge is 0.244 e. The molecule has 0 heterocycles. The third kappa shape index (κ3) is 5.59. The Morgan fingerprint density at radius 1 is 1.04 bits per heavy atom. The molecule has 2 amide bonds. The van der Waals surface area contributed by atoms with Crippen LogP contribution in [-0.4, -0.2) is 24.5 Å². The summed E-state index contributed by atoms with van der Waals surface area (Å²) >= 11 is 0. The Morgan fingerprint density at radius 3 is 2.21 bits per heavy atom. The van der Waals surface area contributed by atoms with Crippen molar-refractivity contribution in [3.05, 3.63) is 53.6 Å². The van der Waals surface area contributed by atoms with E-state index in [9.17, 15) is 9.59 Å². The zero-order chi connectivity index (χ0) is 20.8. The molecule has 0 aliphatic rings. The van der Waals surface area contributed by atoms with E-state index in [1.165, 1.54) is 11.8 Å². The number of nitrogens with zero attached hydrogens (tertiary/aromatic N) is 1. The van der Waals surface area contributed by atoms with Gasteiger partial charge in [-0.2, -0.15) is 0 Å². The van der Waals surface area contributed by atoms with Gasteiger partial charge in [-0.05, 0) is 62.1 Å². The minimum atomic E-state index is -0.228. The summed E-state index contributed by atoms with van der Waals surface area (Å²) in [4.78, 5) is 26.3. The fourth-order valence-corrected chi connectivity index (χ4v) is 3.03. The van der Waals surface area contributed by atoms with Gasteiger partial charge in [0.25, 0.3) is 0 Å². The van der Waals surface area contributed by atoms with Crippen LogP contribution in [0.2, 0.25) is 0 Å². The van der Waals surface area contributed by atoms with Crippen molar-refractivity contribution >= 4 is 23.2 Å². The minimum Gasteiger partial charge on any atom is -0.491 e. The second-order valence-corrected chi connectivity index (χ2v) is 7.51. The van der Waals surface area contributed by atoms with Gasteiger partial charge in [0, 0.05) is 18.3 Å². The molecule has 0 atom stereocenters. The van der Waals surface area contributed by atoms with E-state index in [0.717, 1.165) is 22.6 Å². The minimum absolute atomic E-state index is 0.0500. The molecule has 0 saturated carbocycles. The van der Waals surface area contributed by atoms with Crippen LogP contribution in [-0.2, 0) is 9.59 Å². The summed E-state index contributed by atoms with van der Waals surface area (Å²) in [7, 11) is 0. The number of anilines is 2. The van der Waals surface area contributed by atoms with Crippen LogP contribution in [0.25, 0.3) is 0 Å². The van der Waals surface area contributed by atoms with Crippen molar-refractivity contribution in [1.29, 1.82) is 0 Å². The van der Waals surface area contributed by atoms with Crippen molar-refractivity contribution in [2.24, 2.45) is 0 Å². The molecule has 28 heavy (non-hydrogen) atoms. The first-order valence-electron chi connectivity index (χ1n) is 9.63. The SMILES string of the molecule is CC(=O)N(CC(=O)Nc1c(C)cccc1C(C)C)c1ccc(OC(C)C)cc1. The van der Waals surface area contributed by atoms with Gasteiger partial charge in [-0.3, -0.25) is 9.59 Å². The van der Waals surface area contributed by atoms with Gasteiger partial charge in [-0.1, -0.05) is 32.0 Å². The highest BCUT2D eigenvalue weighted by atomic mass is 16.5. The number of amides is 2. The molecular weight excluding hydrogens is 352 g/mol. The van der Waals surface area contributed by atoms with E-state index >= 15 is 0 Å². The second kappa shape index (κ2) is 9.40. The van der Waals surface area contributed by atoms with Crippen LogP contribution < -0.4 is 15.0 Å². The van der Waals surface area contributed by atoms with Crippen molar-refractivity contribution in [3.63, 3.8) is 0 Å². The van der Waals surface area contributed by atoms with Crippen LogP contribution in [0.1, 0.15) is 51.7 Å². The first kappa shape index (κ1) is 21.5. The molecule has 0 spiro atoms. The Balaban J connectivity index is 2.17. The topological polar surface area (TPSA) is 58.6 Å². The molecule has 2 rings (SSSR count). The fraction of sp³-hybridized carbons (Fsp3) is 0.391. The van der Waals surface area contributed by atoms with E-state index in [4.69, 9.17) is 4.74 Å². The summed E-state index contributed by atoms with van der Waals surface area (Å²) in [5, 5.41) is 3.00. The zero-order valence-electron chi connectivity index (χ0n) is 17.6. The molecule has 0 aliphatic heterocycles. The lowest BCUT2D eigenvalue weighted by molar-refractivity contribution is -0.120. The molecule has 0 fully saturated rings. The molecule has 0 aromatic heterocycles. The van der Waals surface area contributed by atoms with E-state index in [0.29, 0.717) is 5.69 Å². The number of para-hydroxylation sites is 1. The molecule has 0 aliphatic carbocycles. The van der Waals surface area contributed by atoms with Crippen LogP contribution in [0.4, 0.5) is 11.4 Å². The highest BCUT2D eigenvalue weighted by molar-refractivity contribution is 6.02. The van der Waals surface area contributed by atoms with Crippen LogP contribution in [0.3, 0.4) is 0 Å². The Bertz CT molecular complexity index is 826. The van der Waals surface area contributed by atoms with Crippen LogP contribution in [0, 0.1) is 6.92 Å². The van der Waals surface area contributed by atoms with Crippen molar-refractivity contribution in [1.82, 2.24) is 0 Å². The molecule has 2 aromatic carbocycles. The maximum absolute atomic E-state index is 12.7. The highest BCUT2D eigenvalue weighted by Gasteiger charge is 2.18. The number of hydrogen-bond acceptors (Lipinski definition) is 3. The molecule has 5 nitrogen and oxygen atoms in total. The molecule has 1 N–H and O–H groups in total. The highest BCUT2D eigenvalue weighted by Crippen LogP contribution is 2.27. The van der Waals surface area contributed by atoms with E-state index < -0.39 is 0 Å². The third-order valence-electron chi connectivity index (χ3n) is 4.39. The quantitative estimate of drug-likeness (QED) is 0.741. The molecule has 0 bridgehead atoms. The van der Waals surface area contributed by atoms with Crippen LogP contribution >= 0.6 is 0 Å². The lowest BCUT2D eigenvalue weighted by Gasteiger charge is -2.22. The number of hydrogen-bond donors (Lipinski definition) is 1. The monoisotopic (exact) mass is 382 g/mol. The van der Waals surface area contributed by atoms with Gasteiger partial charge in [-0.25, -0.2) is 0 Å². The first-order chi connectivity index (χ1) is 13.2. The average Bonchev–Trinajstić information content (AvgIpc) is 2.61. The van der Waals surface area contributed by atoms with E-state index in [2.05, 4.69) is 19.2 Å². The Hall–Kier alpha value is -2.82. The largest absolute Gasteiger partial charge is 0.491 e. The van der Waals surface area contributed by atoms with Crippen LogP contribution in [0.15, 0.2) is 42.5 Å². The molecule has 0 radical (unpaired) electrons. The number of aryl methyl sites for hydroxylation is 1. The molecule has 0 saturated heterocycles. The number of carbonyl (C=O) groups excluding carboxylic acids is 2. The number of nitrogens with one attached hydrogen (secondary N) is 1. The normalized spacial score (nSPS) is 10.9. The van der Waals surface area contributed by atoms with Crippen molar-refractivity contribution in [2.75, 3.05) is 16.8 Å². The Morgan fingerprint density at radius 2 is 1.68 bits per heavy atom. The summed E-state index contributed by atoms with van der Waals surface area (Å²) in [6, 6.07) is 13.2. The maximum atomic E-state index is 12.7. The van der Waals surface area contributed by atoms with Gasteiger partial charge in [-0.15, -0.1) is 0 Å². The second-order valence-electron chi connectivity index (χ2n) is 7.51. The number of ether oxygens (including phenoxy) is 1. The van der Waals surface area contributed by atoms with Gasteiger partial charge in [0.1, 0.15) is 12.3 Å². The summed E-state index contributed by atoms with van der Waals surface area (Å²) in [6.07, 6.45) is 0.0739. The lowest BCUT2D eigenvalue weighted by Crippen LogP contribution is -2.37. The predicted octanol–water partition coefficient (Wildman–Crippen LogP) is 4.90. The van der Waals surface area contributed by atoms with E-state index in [-0.39, 0.29) is 30.4 Å². The van der Waals surface area contributed by atoms with Gasteiger partial charge in [0.15, 0.2) is 0 Å². The van der Waals surface area contributed by atoms with E-state index in [1.807, 2.05) is 39.0 Å². The van der Waals surface area contributed by atoms with Crippen molar-refractivity contribution in [3.8, 4) is 5.75 Å². The number of rotatable bonds is 7. The summed E-state index contributed by atoms with van der Waals surface area (Å²) in [6.45, 7) is 11.5. The molecular formula is C23H30N2O3. The van der Waals surface area contributed by atoms with E-state index in [1.54, 1.807) is 24.3 Å². The standard InChI is InChI=1S/C23H30N2O3/c1-15(2)21-9-7-8-17(5)23(21)24-22(27)14-25(18(6)26)19-10-12-20(13-11-19)28-16(3)4/h7-13,15-16H,14H2,1-6H3,(H,24,27). The fourth-order valence-electron chi connectivity index (χ4n) is 3.03. The summed E-state index contributed by atoms with van der Waals surface area (Å²) in [5.74, 6) is 0.594. The number of carbonyl (C=O) groups is 2. The zero-order valence-corrected chi connectivity index (χ0v) is 17.6. The first-order valence-corrected chi connectivity index (χ1v) is 9.63. The maximum Gasteiger partial charge on any atom is 0.244 e. The number of benzene rings is 2. The lowest BCUT2D eigenvalue weighted by atomic mass is 9.98. The third-order valence-corrected chi connectivity index (χ3v) is 4.39. The van der Waals surface area contributed by atoms with Crippen molar-refractivity contribution < 1.29 is 14.3 Å². The predicted molar refractivity (Wildman–Crippen MR) is 114 cm³/mol. The molecule has 2 aromatic rings. The van der Waals surface area contributed by atoms with Gasteiger partial charge in [0.2, 0.25) is 11.8 Å². The molecule has 0 unspecified atom stereocenters. The van der Waals surface area contributed by atoms with Crippen molar-refractivity contribution in [2.45, 2.75) is 53.6 Å².